The third-order valence-electron chi connectivity index (χ3n) is 2.97. The van der Waals surface area contributed by atoms with Gasteiger partial charge in [0.1, 0.15) is 6.33 Å². The molecule has 0 aliphatic heterocycles. The molecule has 8 nitrogen and oxygen atoms in total. The molecule has 0 radical (unpaired) electrons. The maximum atomic E-state index is 12.2. The third-order valence-corrected chi connectivity index (χ3v) is 3.67. The predicted octanol–water partition coefficient (Wildman–Crippen LogP) is 1.09. The fourth-order valence-corrected chi connectivity index (χ4v) is 2.70. The summed E-state index contributed by atoms with van der Waals surface area (Å²) < 4.78 is 3.22. The van der Waals surface area contributed by atoms with Crippen LogP contribution in [0.25, 0.3) is 0 Å². The van der Waals surface area contributed by atoms with Gasteiger partial charge in [-0.15, -0.1) is 5.10 Å². The number of aromatic nitrogens is 6. The molecule has 3 heterocycles. The highest BCUT2D eigenvalue weighted by atomic mass is 32.1. The molecule has 0 bridgehead atoms. The van der Waals surface area contributed by atoms with Crippen molar-refractivity contribution < 1.29 is 4.79 Å². The Morgan fingerprint density at radius 1 is 1.48 bits per heavy atom. The molecular weight excluding hydrogens is 290 g/mol. The molecule has 1 amide bonds. The minimum atomic E-state index is -0.227. The second kappa shape index (κ2) is 5.83. The molecule has 0 unspecified atom stereocenters. The van der Waals surface area contributed by atoms with E-state index in [1.807, 2.05) is 16.8 Å². The van der Waals surface area contributed by atoms with Crippen LogP contribution in [0.15, 0.2) is 35.4 Å². The number of nitrogens with one attached hydrogen (secondary N) is 1. The van der Waals surface area contributed by atoms with Crippen LogP contribution >= 0.6 is 11.3 Å². The zero-order chi connectivity index (χ0) is 14.7. The Morgan fingerprint density at radius 3 is 3.00 bits per heavy atom. The number of nitrogens with zero attached hydrogens (tertiary/aromatic N) is 6. The Bertz CT molecular complexity index is 670. The highest BCUT2D eigenvalue weighted by Crippen LogP contribution is 2.23. The minimum absolute atomic E-state index is 0.139. The summed E-state index contributed by atoms with van der Waals surface area (Å²) in [5, 5.41) is 22.0. The average molecular weight is 303 g/mol. The maximum Gasteiger partial charge on any atom is 0.228 e. The molecule has 0 saturated heterocycles. The van der Waals surface area contributed by atoms with Gasteiger partial charge in [-0.3, -0.25) is 9.48 Å². The van der Waals surface area contributed by atoms with Crippen LogP contribution in [-0.2, 0) is 11.8 Å². The summed E-state index contributed by atoms with van der Waals surface area (Å²) in [6.07, 6.45) is 3.52. The first kappa shape index (κ1) is 13.4. The first-order valence-corrected chi connectivity index (χ1v) is 7.21. The molecule has 0 saturated carbocycles. The number of rotatable bonds is 5. The Kier molecular flexibility index (Phi) is 3.73. The zero-order valence-corrected chi connectivity index (χ0v) is 12.1. The van der Waals surface area contributed by atoms with E-state index in [4.69, 9.17) is 0 Å². The molecule has 1 atom stereocenters. The van der Waals surface area contributed by atoms with Gasteiger partial charge in [0.05, 0.1) is 12.5 Å². The lowest BCUT2D eigenvalue weighted by Crippen LogP contribution is -2.20. The number of anilines is 1. The van der Waals surface area contributed by atoms with E-state index in [0.717, 1.165) is 5.56 Å². The molecule has 0 aliphatic carbocycles. The van der Waals surface area contributed by atoms with Crippen LogP contribution in [0, 0.1) is 0 Å². The van der Waals surface area contributed by atoms with Gasteiger partial charge in [0.2, 0.25) is 5.91 Å². The van der Waals surface area contributed by atoms with E-state index in [9.17, 15) is 4.79 Å². The van der Waals surface area contributed by atoms with Crippen molar-refractivity contribution >= 4 is 23.1 Å². The molecule has 21 heavy (non-hydrogen) atoms. The van der Waals surface area contributed by atoms with Crippen molar-refractivity contribution in [1.82, 2.24) is 30.0 Å². The Hall–Kier alpha value is -2.55. The number of hydrogen-bond donors (Lipinski definition) is 1. The van der Waals surface area contributed by atoms with Gasteiger partial charge in [0.25, 0.3) is 0 Å². The van der Waals surface area contributed by atoms with Crippen molar-refractivity contribution in [2.45, 2.75) is 12.5 Å². The smallest absolute Gasteiger partial charge is 0.228 e. The standard InChI is InChI=1S/C12H13N7OS/c1-18-4-2-11(15-18)14-12(20)6-10(9-3-5-21-7-9)19-8-13-16-17-19/h2-5,7-8,10H,6H2,1H3,(H,14,15,20)/t10-/m1/s1. The van der Waals surface area contributed by atoms with Gasteiger partial charge < -0.3 is 5.32 Å². The molecule has 108 valence electrons. The topological polar surface area (TPSA) is 90.5 Å². The maximum absolute atomic E-state index is 12.2. The number of amides is 1. The molecule has 0 spiro atoms. The molecule has 0 aliphatic rings. The highest BCUT2D eigenvalue weighted by Gasteiger charge is 2.20. The van der Waals surface area contributed by atoms with Crippen LogP contribution in [0.2, 0.25) is 0 Å². The quantitative estimate of drug-likeness (QED) is 0.762. The molecular formula is C12H13N7OS. The molecule has 1 N–H and O–H groups in total. The van der Waals surface area contributed by atoms with Crippen LogP contribution in [0.5, 0.6) is 0 Å². The highest BCUT2D eigenvalue weighted by molar-refractivity contribution is 7.07. The number of hydrogen-bond acceptors (Lipinski definition) is 6. The van der Waals surface area contributed by atoms with Crippen LogP contribution in [-0.4, -0.2) is 35.9 Å². The summed E-state index contributed by atoms with van der Waals surface area (Å²) in [6, 6.07) is 3.48. The van der Waals surface area contributed by atoms with Crippen LogP contribution in [0.1, 0.15) is 18.0 Å². The van der Waals surface area contributed by atoms with Crippen molar-refractivity contribution in [3.05, 3.63) is 41.0 Å². The monoisotopic (exact) mass is 303 g/mol. The number of aryl methyl sites for hydroxylation is 1. The fourth-order valence-electron chi connectivity index (χ4n) is 1.99. The lowest BCUT2D eigenvalue weighted by atomic mass is 10.1. The first-order valence-electron chi connectivity index (χ1n) is 6.26. The molecule has 0 fully saturated rings. The van der Waals surface area contributed by atoms with Gasteiger partial charge in [-0.05, 0) is 32.8 Å². The van der Waals surface area contributed by atoms with Crippen molar-refractivity contribution in [1.29, 1.82) is 0 Å². The van der Waals surface area contributed by atoms with Gasteiger partial charge in [-0.25, -0.2) is 4.68 Å². The van der Waals surface area contributed by atoms with Gasteiger partial charge in [0, 0.05) is 19.3 Å². The Balaban J connectivity index is 1.74. The number of carbonyl (C=O) groups excluding carboxylic acids is 1. The lowest BCUT2D eigenvalue weighted by molar-refractivity contribution is -0.116. The summed E-state index contributed by atoms with van der Waals surface area (Å²) in [7, 11) is 1.80. The second-order valence-corrected chi connectivity index (χ2v) is 5.27. The van der Waals surface area contributed by atoms with E-state index in [0.29, 0.717) is 5.82 Å². The Morgan fingerprint density at radius 2 is 2.38 bits per heavy atom. The van der Waals surface area contributed by atoms with E-state index in [2.05, 4.69) is 25.9 Å². The van der Waals surface area contributed by atoms with Crippen molar-refractivity contribution in [3.63, 3.8) is 0 Å². The third kappa shape index (κ3) is 3.14. The van der Waals surface area contributed by atoms with Crippen LogP contribution in [0.4, 0.5) is 5.82 Å². The molecule has 9 heteroatoms. The number of thiophene rings is 1. The van der Waals surface area contributed by atoms with Gasteiger partial charge in [-0.1, -0.05) is 0 Å². The summed E-state index contributed by atoms with van der Waals surface area (Å²) in [4.78, 5) is 12.2. The van der Waals surface area contributed by atoms with Gasteiger partial charge in [-0.2, -0.15) is 16.4 Å². The second-order valence-electron chi connectivity index (χ2n) is 4.49. The van der Waals surface area contributed by atoms with E-state index in [1.54, 1.807) is 40.0 Å². The van der Waals surface area contributed by atoms with E-state index < -0.39 is 0 Å². The summed E-state index contributed by atoms with van der Waals surface area (Å²) >= 11 is 1.57. The lowest BCUT2D eigenvalue weighted by Gasteiger charge is -2.14. The molecule has 3 aromatic heterocycles. The summed E-state index contributed by atoms with van der Waals surface area (Å²) in [5.74, 6) is 0.392. The van der Waals surface area contributed by atoms with Gasteiger partial charge in [0.15, 0.2) is 5.82 Å². The SMILES string of the molecule is Cn1ccc(NC(=O)C[C@H](c2ccsc2)n2cnnn2)n1. The van der Waals surface area contributed by atoms with Gasteiger partial charge >= 0.3 is 0 Å². The van der Waals surface area contributed by atoms with E-state index in [-0.39, 0.29) is 18.4 Å². The van der Waals surface area contributed by atoms with Crippen LogP contribution < -0.4 is 5.32 Å². The van der Waals surface area contributed by atoms with Crippen molar-refractivity contribution in [3.8, 4) is 0 Å². The average Bonchev–Trinajstić information content (AvgIpc) is 3.19. The zero-order valence-electron chi connectivity index (χ0n) is 11.2. The minimum Gasteiger partial charge on any atom is -0.309 e. The molecule has 0 aromatic carbocycles. The van der Waals surface area contributed by atoms with E-state index >= 15 is 0 Å². The fraction of sp³-hybridized carbons (Fsp3) is 0.250. The first-order chi connectivity index (χ1) is 10.2. The largest absolute Gasteiger partial charge is 0.309 e. The normalized spacial score (nSPS) is 12.2. The van der Waals surface area contributed by atoms with Crippen LogP contribution in [0.3, 0.4) is 0 Å². The summed E-state index contributed by atoms with van der Waals surface area (Å²) in [5.41, 5.74) is 1.00. The Labute approximate surface area is 124 Å². The molecule has 3 rings (SSSR count). The summed E-state index contributed by atoms with van der Waals surface area (Å²) in [6.45, 7) is 0. The van der Waals surface area contributed by atoms with E-state index in [1.165, 1.54) is 6.33 Å². The molecule has 3 aromatic rings. The number of carbonyl (C=O) groups is 1. The predicted molar refractivity (Wildman–Crippen MR) is 76.7 cm³/mol. The number of tetrazole rings is 1. The van der Waals surface area contributed by atoms with Crippen molar-refractivity contribution in [2.24, 2.45) is 7.05 Å². The van der Waals surface area contributed by atoms with Crippen molar-refractivity contribution in [2.75, 3.05) is 5.32 Å².